The normalized spacial score (nSPS) is 14.6. The average Bonchev–Trinajstić information content (AvgIpc) is 2.21. The van der Waals surface area contributed by atoms with Crippen LogP contribution >= 0.6 is 0 Å². The molecular formula is C16H27NO. The third-order valence-corrected chi connectivity index (χ3v) is 3.44. The Hall–Kier alpha value is -0.860. The predicted octanol–water partition coefficient (Wildman–Crippen LogP) is 3.25. The molecular weight excluding hydrogens is 222 g/mol. The molecule has 0 fully saturated rings. The number of hydrogen-bond acceptors (Lipinski definition) is 2. The molecule has 0 aliphatic rings. The van der Waals surface area contributed by atoms with Crippen molar-refractivity contribution in [3.05, 3.63) is 34.4 Å². The zero-order valence-corrected chi connectivity index (χ0v) is 12.4. The zero-order chi connectivity index (χ0) is 13.8. The van der Waals surface area contributed by atoms with E-state index >= 15 is 0 Å². The number of aliphatic hydroxyl groups is 1. The molecule has 0 bridgehead atoms. The third-order valence-electron chi connectivity index (χ3n) is 3.44. The first-order chi connectivity index (χ1) is 8.35. The standard InChI is InChI=1S/C16H27NO/c1-6-7-16(5,18)11-17-10-15-13(3)8-12(2)9-14(15)4/h8-9,17-18H,6-7,10-11H2,1-5H3. The summed E-state index contributed by atoms with van der Waals surface area (Å²) in [5.74, 6) is 0. The second-order valence-corrected chi connectivity index (χ2v) is 5.73. The lowest BCUT2D eigenvalue weighted by molar-refractivity contribution is 0.0498. The molecule has 1 atom stereocenters. The smallest absolute Gasteiger partial charge is 0.0743 e. The van der Waals surface area contributed by atoms with Crippen LogP contribution in [0.25, 0.3) is 0 Å². The van der Waals surface area contributed by atoms with Crippen LogP contribution in [0.4, 0.5) is 0 Å². The Balaban J connectivity index is 2.59. The van der Waals surface area contributed by atoms with Crippen LogP contribution in [-0.2, 0) is 6.54 Å². The van der Waals surface area contributed by atoms with Gasteiger partial charge in [-0.25, -0.2) is 0 Å². The van der Waals surface area contributed by atoms with Crippen molar-refractivity contribution in [2.24, 2.45) is 0 Å². The lowest BCUT2D eigenvalue weighted by Gasteiger charge is -2.23. The summed E-state index contributed by atoms with van der Waals surface area (Å²) in [4.78, 5) is 0. The van der Waals surface area contributed by atoms with Crippen molar-refractivity contribution in [1.29, 1.82) is 0 Å². The predicted molar refractivity (Wildman–Crippen MR) is 77.9 cm³/mol. The Bertz CT molecular complexity index is 373. The maximum atomic E-state index is 10.1. The quantitative estimate of drug-likeness (QED) is 0.811. The molecule has 0 radical (unpaired) electrons. The number of hydrogen-bond donors (Lipinski definition) is 2. The van der Waals surface area contributed by atoms with E-state index in [1.807, 2.05) is 6.92 Å². The number of aryl methyl sites for hydroxylation is 3. The molecule has 0 heterocycles. The summed E-state index contributed by atoms with van der Waals surface area (Å²) in [6.07, 6.45) is 1.85. The number of nitrogens with one attached hydrogen (secondary N) is 1. The highest BCUT2D eigenvalue weighted by Gasteiger charge is 2.18. The molecule has 0 aliphatic heterocycles. The molecule has 1 unspecified atom stereocenters. The second kappa shape index (κ2) is 6.35. The van der Waals surface area contributed by atoms with Crippen molar-refractivity contribution >= 4 is 0 Å². The summed E-state index contributed by atoms with van der Waals surface area (Å²) < 4.78 is 0. The molecule has 0 spiro atoms. The SMILES string of the molecule is CCCC(C)(O)CNCc1c(C)cc(C)cc1C. The molecule has 2 nitrogen and oxygen atoms in total. The minimum atomic E-state index is -0.596. The Kier molecular flexibility index (Phi) is 5.36. The molecule has 0 aliphatic carbocycles. The average molecular weight is 249 g/mol. The first-order valence-electron chi connectivity index (χ1n) is 6.85. The van der Waals surface area contributed by atoms with Gasteiger partial charge in [-0.05, 0) is 50.8 Å². The molecule has 2 N–H and O–H groups in total. The van der Waals surface area contributed by atoms with Crippen molar-refractivity contribution in [1.82, 2.24) is 5.32 Å². The molecule has 2 heteroatoms. The highest BCUT2D eigenvalue weighted by atomic mass is 16.3. The maximum Gasteiger partial charge on any atom is 0.0743 e. The van der Waals surface area contributed by atoms with Crippen molar-refractivity contribution in [2.75, 3.05) is 6.54 Å². The van der Waals surface area contributed by atoms with Gasteiger partial charge in [-0.15, -0.1) is 0 Å². The summed E-state index contributed by atoms with van der Waals surface area (Å²) >= 11 is 0. The lowest BCUT2D eigenvalue weighted by atomic mass is 9.98. The fourth-order valence-electron chi connectivity index (χ4n) is 2.57. The topological polar surface area (TPSA) is 32.3 Å². The van der Waals surface area contributed by atoms with E-state index in [-0.39, 0.29) is 0 Å². The maximum absolute atomic E-state index is 10.1. The molecule has 0 aromatic heterocycles. The van der Waals surface area contributed by atoms with E-state index in [2.05, 4.69) is 45.1 Å². The van der Waals surface area contributed by atoms with E-state index in [0.29, 0.717) is 6.54 Å². The summed E-state index contributed by atoms with van der Waals surface area (Å²) in [6, 6.07) is 4.43. The lowest BCUT2D eigenvalue weighted by Crippen LogP contribution is -2.37. The van der Waals surface area contributed by atoms with Crippen LogP contribution in [0.5, 0.6) is 0 Å². The van der Waals surface area contributed by atoms with Crippen molar-refractivity contribution in [2.45, 2.75) is 59.6 Å². The second-order valence-electron chi connectivity index (χ2n) is 5.73. The van der Waals surface area contributed by atoms with Gasteiger partial charge in [0.25, 0.3) is 0 Å². The van der Waals surface area contributed by atoms with Gasteiger partial charge in [-0.1, -0.05) is 31.0 Å². The van der Waals surface area contributed by atoms with Crippen LogP contribution in [-0.4, -0.2) is 17.3 Å². The molecule has 1 aromatic carbocycles. The van der Waals surface area contributed by atoms with Gasteiger partial charge < -0.3 is 10.4 Å². The fourth-order valence-corrected chi connectivity index (χ4v) is 2.57. The van der Waals surface area contributed by atoms with E-state index in [1.165, 1.54) is 22.3 Å². The first kappa shape index (κ1) is 15.2. The highest BCUT2D eigenvalue weighted by Crippen LogP contribution is 2.17. The van der Waals surface area contributed by atoms with Crippen LogP contribution in [0.1, 0.15) is 48.9 Å². The van der Waals surface area contributed by atoms with E-state index < -0.39 is 5.60 Å². The zero-order valence-electron chi connectivity index (χ0n) is 12.4. The molecule has 18 heavy (non-hydrogen) atoms. The van der Waals surface area contributed by atoms with E-state index in [0.717, 1.165) is 19.4 Å². The van der Waals surface area contributed by atoms with Gasteiger partial charge in [0.1, 0.15) is 0 Å². The van der Waals surface area contributed by atoms with Crippen LogP contribution in [0.15, 0.2) is 12.1 Å². The Morgan fingerprint density at radius 3 is 2.22 bits per heavy atom. The molecule has 0 amide bonds. The van der Waals surface area contributed by atoms with Crippen LogP contribution in [0, 0.1) is 20.8 Å². The van der Waals surface area contributed by atoms with Crippen LogP contribution in [0.2, 0.25) is 0 Å². The van der Waals surface area contributed by atoms with Gasteiger partial charge >= 0.3 is 0 Å². The van der Waals surface area contributed by atoms with Crippen molar-refractivity contribution < 1.29 is 5.11 Å². The summed E-state index contributed by atoms with van der Waals surface area (Å²) in [6.45, 7) is 11.9. The van der Waals surface area contributed by atoms with Gasteiger partial charge in [-0.3, -0.25) is 0 Å². The van der Waals surface area contributed by atoms with Gasteiger partial charge in [0.15, 0.2) is 0 Å². The van der Waals surface area contributed by atoms with Gasteiger partial charge in [0.2, 0.25) is 0 Å². The minimum Gasteiger partial charge on any atom is -0.389 e. The number of rotatable bonds is 6. The summed E-state index contributed by atoms with van der Waals surface area (Å²) in [5.41, 5.74) is 4.73. The van der Waals surface area contributed by atoms with Crippen molar-refractivity contribution in [3.8, 4) is 0 Å². The van der Waals surface area contributed by atoms with Gasteiger partial charge in [0.05, 0.1) is 5.60 Å². The first-order valence-corrected chi connectivity index (χ1v) is 6.85. The summed E-state index contributed by atoms with van der Waals surface area (Å²) in [5, 5.41) is 13.5. The van der Waals surface area contributed by atoms with Crippen LogP contribution < -0.4 is 5.32 Å². The largest absolute Gasteiger partial charge is 0.389 e. The number of benzene rings is 1. The van der Waals surface area contributed by atoms with Gasteiger partial charge in [-0.2, -0.15) is 0 Å². The minimum absolute atomic E-state index is 0.596. The molecule has 1 rings (SSSR count). The molecule has 0 saturated heterocycles. The Morgan fingerprint density at radius 1 is 1.17 bits per heavy atom. The molecule has 0 saturated carbocycles. The fraction of sp³-hybridized carbons (Fsp3) is 0.625. The summed E-state index contributed by atoms with van der Waals surface area (Å²) in [7, 11) is 0. The molecule has 1 aromatic rings. The third kappa shape index (κ3) is 4.43. The molecule has 102 valence electrons. The highest BCUT2D eigenvalue weighted by molar-refractivity contribution is 5.37. The van der Waals surface area contributed by atoms with E-state index in [4.69, 9.17) is 0 Å². The van der Waals surface area contributed by atoms with Gasteiger partial charge in [0, 0.05) is 13.1 Å². The van der Waals surface area contributed by atoms with E-state index in [9.17, 15) is 5.11 Å². The van der Waals surface area contributed by atoms with Crippen molar-refractivity contribution in [3.63, 3.8) is 0 Å². The monoisotopic (exact) mass is 249 g/mol. The van der Waals surface area contributed by atoms with Crippen LogP contribution in [0.3, 0.4) is 0 Å². The Morgan fingerprint density at radius 2 is 1.72 bits per heavy atom. The van der Waals surface area contributed by atoms with E-state index in [1.54, 1.807) is 0 Å². The Labute approximate surface area is 111 Å².